The number of nitrogens with one attached hydrogen (secondary N) is 1. The van der Waals surface area contributed by atoms with Gasteiger partial charge in [-0.2, -0.15) is 0 Å². The zero-order valence-electron chi connectivity index (χ0n) is 12.2. The molecule has 2 fully saturated rings. The number of fused-ring (bicyclic) bond motifs is 3. The summed E-state index contributed by atoms with van der Waals surface area (Å²) in [7, 11) is 0. The molecule has 4 rings (SSSR count). The molecule has 2 aliphatic rings. The van der Waals surface area contributed by atoms with Gasteiger partial charge in [-0.05, 0) is 48.5 Å². The van der Waals surface area contributed by atoms with Gasteiger partial charge in [0.1, 0.15) is 0 Å². The van der Waals surface area contributed by atoms with Crippen molar-refractivity contribution in [2.24, 2.45) is 17.8 Å². The van der Waals surface area contributed by atoms with Crippen LogP contribution in [0.4, 0.5) is 5.69 Å². The Morgan fingerprint density at radius 2 is 1.90 bits per heavy atom. The van der Waals surface area contributed by atoms with Crippen molar-refractivity contribution in [3.8, 4) is 0 Å². The summed E-state index contributed by atoms with van der Waals surface area (Å²) >= 11 is 0. The molecule has 3 atom stereocenters. The lowest BCUT2D eigenvalue weighted by Gasteiger charge is -2.21. The number of benzene rings is 2. The van der Waals surface area contributed by atoms with Gasteiger partial charge in [0.25, 0.3) is 0 Å². The van der Waals surface area contributed by atoms with Gasteiger partial charge in [0.15, 0.2) is 0 Å². The molecule has 2 aromatic rings. The molecular weight excluding hydrogens is 258 g/mol. The maximum absolute atomic E-state index is 12.4. The number of anilines is 1. The first kappa shape index (κ1) is 12.9. The van der Waals surface area contributed by atoms with Crippen LogP contribution in [0.5, 0.6) is 0 Å². The van der Waals surface area contributed by atoms with Crippen LogP contribution >= 0.6 is 0 Å². The number of hydrogen-bond donors (Lipinski definition) is 1. The van der Waals surface area contributed by atoms with E-state index in [1.54, 1.807) is 0 Å². The molecule has 2 aliphatic carbocycles. The summed E-state index contributed by atoms with van der Waals surface area (Å²) in [6.07, 6.45) is 6.08. The Kier molecular flexibility index (Phi) is 3.17. The molecule has 0 saturated heterocycles. The second-order valence-corrected chi connectivity index (χ2v) is 6.71. The van der Waals surface area contributed by atoms with Crippen LogP contribution in [0.1, 0.15) is 32.1 Å². The van der Waals surface area contributed by atoms with Crippen molar-refractivity contribution in [2.75, 3.05) is 5.32 Å². The zero-order chi connectivity index (χ0) is 14.2. The molecule has 108 valence electrons. The van der Waals surface area contributed by atoms with E-state index in [2.05, 4.69) is 23.5 Å². The molecule has 21 heavy (non-hydrogen) atoms. The number of hydrogen-bond acceptors (Lipinski definition) is 1. The monoisotopic (exact) mass is 279 g/mol. The Morgan fingerprint density at radius 3 is 2.71 bits per heavy atom. The van der Waals surface area contributed by atoms with Crippen molar-refractivity contribution in [1.82, 2.24) is 0 Å². The van der Waals surface area contributed by atoms with Gasteiger partial charge in [0.05, 0.1) is 0 Å². The minimum absolute atomic E-state index is 0.184. The Balaban J connectivity index is 1.48. The van der Waals surface area contributed by atoms with E-state index in [4.69, 9.17) is 0 Å². The van der Waals surface area contributed by atoms with Gasteiger partial charge in [-0.1, -0.05) is 42.8 Å². The smallest absolute Gasteiger partial charge is 0.224 e. The summed E-state index contributed by atoms with van der Waals surface area (Å²) in [4.78, 5) is 12.4. The normalized spacial score (nSPS) is 27.1. The van der Waals surface area contributed by atoms with Crippen molar-refractivity contribution in [3.05, 3.63) is 42.5 Å². The van der Waals surface area contributed by atoms with Gasteiger partial charge in [-0.15, -0.1) is 0 Å². The van der Waals surface area contributed by atoms with E-state index >= 15 is 0 Å². The molecule has 1 N–H and O–H groups in total. The van der Waals surface area contributed by atoms with Crippen molar-refractivity contribution >= 4 is 22.4 Å². The minimum Gasteiger partial charge on any atom is -0.326 e. The Hall–Kier alpha value is -1.83. The van der Waals surface area contributed by atoms with Crippen LogP contribution in [-0.2, 0) is 4.79 Å². The van der Waals surface area contributed by atoms with Crippen molar-refractivity contribution in [2.45, 2.75) is 32.1 Å². The van der Waals surface area contributed by atoms with Gasteiger partial charge in [0, 0.05) is 17.5 Å². The maximum Gasteiger partial charge on any atom is 0.224 e. The van der Waals surface area contributed by atoms with E-state index in [9.17, 15) is 4.79 Å². The summed E-state index contributed by atoms with van der Waals surface area (Å²) in [6, 6.07) is 14.3. The molecule has 2 saturated carbocycles. The predicted octanol–water partition coefficient (Wildman–Crippen LogP) is 4.60. The minimum atomic E-state index is 0.184. The van der Waals surface area contributed by atoms with E-state index in [1.165, 1.54) is 31.1 Å². The molecule has 2 bridgehead atoms. The fraction of sp³-hybridized carbons (Fsp3) is 0.421. The third-order valence-corrected chi connectivity index (χ3v) is 5.40. The summed E-state index contributed by atoms with van der Waals surface area (Å²) in [5.74, 6) is 2.53. The van der Waals surface area contributed by atoms with Gasteiger partial charge < -0.3 is 5.32 Å². The molecule has 2 aromatic carbocycles. The van der Waals surface area contributed by atoms with Crippen molar-refractivity contribution < 1.29 is 4.79 Å². The zero-order valence-corrected chi connectivity index (χ0v) is 12.2. The first-order valence-corrected chi connectivity index (χ1v) is 8.07. The first-order valence-electron chi connectivity index (χ1n) is 8.07. The molecule has 2 heteroatoms. The highest BCUT2D eigenvalue weighted by Crippen LogP contribution is 2.49. The number of carbonyl (C=O) groups is 1. The van der Waals surface area contributed by atoms with Crippen LogP contribution in [0.3, 0.4) is 0 Å². The largest absolute Gasteiger partial charge is 0.326 e. The molecule has 0 spiro atoms. The summed E-state index contributed by atoms with van der Waals surface area (Å²) < 4.78 is 0. The third kappa shape index (κ3) is 2.44. The Labute approximate surface area is 125 Å². The number of carbonyl (C=O) groups excluding carboxylic acids is 1. The number of rotatable bonds is 3. The molecule has 1 amide bonds. The highest BCUT2D eigenvalue weighted by Gasteiger charge is 2.40. The van der Waals surface area contributed by atoms with Gasteiger partial charge in [0.2, 0.25) is 5.91 Å². The molecule has 0 radical (unpaired) electrons. The van der Waals surface area contributed by atoms with E-state index in [0.717, 1.165) is 22.9 Å². The van der Waals surface area contributed by atoms with Gasteiger partial charge in [-0.25, -0.2) is 0 Å². The van der Waals surface area contributed by atoms with Gasteiger partial charge in [-0.3, -0.25) is 4.79 Å². The lowest BCUT2D eigenvalue weighted by Crippen LogP contribution is -2.20. The topological polar surface area (TPSA) is 29.1 Å². The third-order valence-electron chi connectivity index (χ3n) is 5.40. The Bertz CT molecular complexity index is 673. The average Bonchev–Trinajstić information content (AvgIpc) is 3.10. The average molecular weight is 279 g/mol. The van der Waals surface area contributed by atoms with Crippen LogP contribution in [0.2, 0.25) is 0 Å². The van der Waals surface area contributed by atoms with Crippen LogP contribution < -0.4 is 5.32 Å². The van der Waals surface area contributed by atoms with Crippen molar-refractivity contribution in [3.63, 3.8) is 0 Å². The van der Waals surface area contributed by atoms with E-state index in [1.807, 2.05) is 24.3 Å². The Morgan fingerprint density at radius 1 is 1.05 bits per heavy atom. The standard InChI is InChI=1S/C19H21NO/c21-19(12-16-11-13-8-9-15(16)10-13)20-18-7-3-5-14-4-1-2-6-17(14)18/h1-7,13,15-16H,8-12H2,(H,20,21)/t13-,15+,16+/m0/s1. The van der Waals surface area contributed by atoms with Gasteiger partial charge >= 0.3 is 0 Å². The lowest BCUT2D eigenvalue weighted by atomic mass is 9.86. The molecular formula is C19H21NO. The molecule has 0 heterocycles. The van der Waals surface area contributed by atoms with Crippen molar-refractivity contribution in [1.29, 1.82) is 0 Å². The van der Waals surface area contributed by atoms with Crippen LogP contribution in [0.25, 0.3) is 10.8 Å². The molecule has 0 aromatic heterocycles. The quantitative estimate of drug-likeness (QED) is 0.873. The van der Waals surface area contributed by atoms with Crippen LogP contribution in [-0.4, -0.2) is 5.91 Å². The predicted molar refractivity (Wildman–Crippen MR) is 86.1 cm³/mol. The second-order valence-electron chi connectivity index (χ2n) is 6.71. The summed E-state index contributed by atoms with van der Waals surface area (Å²) in [5.41, 5.74) is 0.946. The SMILES string of the molecule is O=C(C[C@H]1C[C@H]2CC[C@@H]1C2)Nc1cccc2ccccc12. The van der Waals surface area contributed by atoms with E-state index < -0.39 is 0 Å². The molecule has 0 aliphatic heterocycles. The van der Waals surface area contributed by atoms with E-state index in [0.29, 0.717) is 12.3 Å². The second kappa shape index (κ2) is 5.18. The number of amides is 1. The summed E-state index contributed by atoms with van der Waals surface area (Å²) in [5, 5.41) is 5.43. The van der Waals surface area contributed by atoms with E-state index in [-0.39, 0.29) is 5.91 Å². The fourth-order valence-electron chi connectivity index (χ4n) is 4.40. The van der Waals surface area contributed by atoms with Crippen LogP contribution in [0, 0.1) is 17.8 Å². The maximum atomic E-state index is 12.4. The van der Waals surface area contributed by atoms with Crippen LogP contribution in [0.15, 0.2) is 42.5 Å². The fourth-order valence-corrected chi connectivity index (χ4v) is 4.40. The summed E-state index contributed by atoms with van der Waals surface area (Å²) in [6.45, 7) is 0. The highest BCUT2D eigenvalue weighted by atomic mass is 16.1. The lowest BCUT2D eigenvalue weighted by molar-refractivity contribution is -0.117. The molecule has 0 unspecified atom stereocenters. The first-order chi connectivity index (χ1) is 10.3. The highest BCUT2D eigenvalue weighted by molar-refractivity contribution is 6.02. The molecule has 2 nitrogen and oxygen atoms in total.